The number of rotatable bonds is 3. The Labute approximate surface area is 77.3 Å². The molecule has 3 N–H and O–H groups in total. The Hall–Kier alpha value is -0.900. The van der Waals surface area contributed by atoms with Crippen molar-refractivity contribution in [2.45, 2.75) is 26.7 Å². The molecule has 1 rings (SSSR count). The van der Waals surface area contributed by atoms with E-state index in [0.717, 1.165) is 5.56 Å². The monoisotopic (exact) mass is 182 g/mol. The van der Waals surface area contributed by atoms with Crippen molar-refractivity contribution in [3.05, 3.63) is 34.4 Å². The van der Waals surface area contributed by atoms with Crippen molar-refractivity contribution in [3.8, 4) is 0 Å². The van der Waals surface area contributed by atoms with E-state index in [1.807, 2.05) is 19.1 Å². The van der Waals surface area contributed by atoms with Crippen LogP contribution in [-0.4, -0.2) is 15.3 Å². The molecule has 1 aromatic rings. The molecular formula is C10H14O3. The predicted octanol–water partition coefficient (Wildman–Crippen LogP) is 0.472. The average molecular weight is 182 g/mol. The van der Waals surface area contributed by atoms with Crippen molar-refractivity contribution in [1.82, 2.24) is 0 Å². The largest absolute Gasteiger partial charge is 0.392 e. The van der Waals surface area contributed by atoms with Gasteiger partial charge in [0.2, 0.25) is 0 Å². The van der Waals surface area contributed by atoms with Crippen LogP contribution in [0.5, 0.6) is 0 Å². The Bertz CT molecular complexity index is 269. The molecule has 0 atom stereocenters. The second-order valence-electron chi connectivity index (χ2n) is 3.04. The van der Waals surface area contributed by atoms with Crippen molar-refractivity contribution in [1.29, 1.82) is 0 Å². The van der Waals surface area contributed by atoms with Crippen molar-refractivity contribution in [2.75, 3.05) is 0 Å². The van der Waals surface area contributed by atoms with E-state index in [9.17, 15) is 0 Å². The van der Waals surface area contributed by atoms with Gasteiger partial charge in [-0.15, -0.1) is 0 Å². The molecule has 3 nitrogen and oxygen atoms in total. The number of hydrogen-bond donors (Lipinski definition) is 3. The van der Waals surface area contributed by atoms with Crippen LogP contribution in [-0.2, 0) is 19.8 Å². The van der Waals surface area contributed by atoms with E-state index < -0.39 is 0 Å². The molecule has 0 aliphatic carbocycles. The summed E-state index contributed by atoms with van der Waals surface area (Å²) in [6, 6.07) is 3.62. The van der Waals surface area contributed by atoms with Gasteiger partial charge in [-0.1, -0.05) is 17.7 Å². The number of aliphatic hydroxyl groups is 3. The van der Waals surface area contributed by atoms with E-state index in [2.05, 4.69) is 0 Å². The van der Waals surface area contributed by atoms with Crippen LogP contribution in [0.4, 0.5) is 0 Å². The molecule has 0 aromatic heterocycles. The molecule has 0 radical (unpaired) electrons. The van der Waals surface area contributed by atoms with Gasteiger partial charge in [0.05, 0.1) is 19.8 Å². The van der Waals surface area contributed by atoms with Crippen LogP contribution in [0.3, 0.4) is 0 Å². The molecule has 0 amide bonds. The van der Waals surface area contributed by atoms with Gasteiger partial charge in [-0.25, -0.2) is 0 Å². The lowest BCUT2D eigenvalue weighted by atomic mass is 9.99. The lowest BCUT2D eigenvalue weighted by Gasteiger charge is -2.11. The van der Waals surface area contributed by atoms with Gasteiger partial charge in [0.15, 0.2) is 0 Å². The maximum absolute atomic E-state index is 9.03. The SMILES string of the molecule is Cc1cc(CO)c(CO)c(CO)c1. The molecule has 0 unspecified atom stereocenters. The maximum atomic E-state index is 9.03. The zero-order chi connectivity index (χ0) is 9.84. The molecule has 0 bridgehead atoms. The summed E-state index contributed by atoms with van der Waals surface area (Å²) in [5.41, 5.74) is 2.99. The van der Waals surface area contributed by atoms with Crippen molar-refractivity contribution in [2.24, 2.45) is 0 Å². The summed E-state index contributed by atoms with van der Waals surface area (Å²) in [4.78, 5) is 0. The first-order valence-corrected chi connectivity index (χ1v) is 4.16. The fraction of sp³-hybridized carbons (Fsp3) is 0.400. The quantitative estimate of drug-likeness (QED) is 0.637. The molecule has 3 heteroatoms. The molecule has 0 aliphatic rings. The van der Waals surface area contributed by atoms with E-state index in [-0.39, 0.29) is 19.8 Å². The lowest BCUT2D eigenvalue weighted by molar-refractivity contribution is 0.247. The minimum absolute atomic E-state index is 0.107. The number of aryl methyl sites for hydroxylation is 1. The third kappa shape index (κ3) is 2.06. The number of hydrogen-bond acceptors (Lipinski definition) is 3. The third-order valence-corrected chi connectivity index (χ3v) is 2.08. The molecule has 13 heavy (non-hydrogen) atoms. The summed E-state index contributed by atoms with van der Waals surface area (Å²) in [5.74, 6) is 0. The maximum Gasteiger partial charge on any atom is 0.0688 e. The molecule has 0 aliphatic heterocycles. The second kappa shape index (κ2) is 4.37. The zero-order valence-corrected chi connectivity index (χ0v) is 7.62. The topological polar surface area (TPSA) is 60.7 Å². The van der Waals surface area contributed by atoms with Gasteiger partial charge in [0.1, 0.15) is 0 Å². The minimum Gasteiger partial charge on any atom is -0.392 e. The summed E-state index contributed by atoms with van der Waals surface area (Å²) in [6.07, 6.45) is 0. The van der Waals surface area contributed by atoms with E-state index in [0.29, 0.717) is 16.7 Å². The first kappa shape index (κ1) is 10.2. The molecule has 0 saturated heterocycles. The van der Waals surface area contributed by atoms with Gasteiger partial charge in [0.25, 0.3) is 0 Å². The summed E-state index contributed by atoms with van der Waals surface area (Å²) < 4.78 is 0. The average Bonchev–Trinajstić information content (AvgIpc) is 2.16. The highest BCUT2D eigenvalue weighted by Crippen LogP contribution is 2.18. The highest BCUT2D eigenvalue weighted by Gasteiger charge is 2.07. The van der Waals surface area contributed by atoms with Crippen molar-refractivity contribution < 1.29 is 15.3 Å². The lowest BCUT2D eigenvalue weighted by Crippen LogP contribution is -2.01. The molecular weight excluding hydrogens is 168 g/mol. The first-order valence-electron chi connectivity index (χ1n) is 4.16. The van der Waals surface area contributed by atoms with Gasteiger partial charge in [-0.2, -0.15) is 0 Å². The van der Waals surface area contributed by atoms with E-state index >= 15 is 0 Å². The Morgan fingerprint density at radius 3 is 1.69 bits per heavy atom. The summed E-state index contributed by atoms with van der Waals surface area (Å²) in [7, 11) is 0. The molecule has 0 fully saturated rings. The standard InChI is InChI=1S/C10H14O3/c1-7-2-8(4-11)10(6-13)9(3-7)5-12/h2-3,11-13H,4-6H2,1H3. The predicted molar refractivity (Wildman–Crippen MR) is 48.9 cm³/mol. The fourth-order valence-corrected chi connectivity index (χ4v) is 1.46. The normalized spacial score (nSPS) is 10.5. The van der Waals surface area contributed by atoms with Crippen LogP contribution in [0.1, 0.15) is 22.3 Å². The van der Waals surface area contributed by atoms with E-state index in [1.165, 1.54) is 0 Å². The molecule has 1 aromatic carbocycles. The highest BCUT2D eigenvalue weighted by molar-refractivity contribution is 5.37. The summed E-state index contributed by atoms with van der Waals surface area (Å²) >= 11 is 0. The number of aliphatic hydroxyl groups excluding tert-OH is 3. The Kier molecular flexibility index (Phi) is 3.42. The van der Waals surface area contributed by atoms with Crippen LogP contribution in [0.2, 0.25) is 0 Å². The van der Waals surface area contributed by atoms with Crippen LogP contribution < -0.4 is 0 Å². The Balaban J connectivity index is 3.25. The molecule has 0 spiro atoms. The van der Waals surface area contributed by atoms with Gasteiger partial charge in [-0.3, -0.25) is 0 Å². The minimum atomic E-state index is -0.147. The van der Waals surface area contributed by atoms with Gasteiger partial charge >= 0.3 is 0 Å². The smallest absolute Gasteiger partial charge is 0.0688 e. The zero-order valence-electron chi connectivity index (χ0n) is 7.62. The van der Waals surface area contributed by atoms with Crippen LogP contribution in [0.15, 0.2) is 12.1 Å². The van der Waals surface area contributed by atoms with Crippen molar-refractivity contribution in [3.63, 3.8) is 0 Å². The summed E-state index contributed by atoms with van der Waals surface area (Å²) in [6.45, 7) is 1.53. The van der Waals surface area contributed by atoms with Gasteiger partial charge < -0.3 is 15.3 Å². The van der Waals surface area contributed by atoms with Gasteiger partial charge in [-0.05, 0) is 23.6 Å². The second-order valence-corrected chi connectivity index (χ2v) is 3.04. The third-order valence-electron chi connectivity index (χ3n) is 2.08. The van der Waals surface area contributed by atoms with Crippen molar-refractivity contribution >= 4 is 0 Å². The van der Waals surface area contributed by atoms with Crippen LogP contribution in [0.25, 0.3) is 0 Å². The Morgan fingerprint density at radius 1 is 0.923 bits per heavy atom. The summed E-state index contributed by atoms with van der Waals surface area (Å²) in [5, 5.41) is 27.0. The van der Waals surface area contributed by atoms with E-state index in [4.69, 9.17) is 15.3 Å². The van der Waals surface area contributed by atoms with Crippen LogP contribution >= 0.6 is 0 Å². The molecule has 0 heterocycles. The molecule has 0 saturated carbocycles. The first-order chi connectivity index (χ1) is 6.22. The van der Waals surface area contributed by atoms with Gasteiger partial charge in [0, 0.05) is 0 Å². The fourth-order valence-electron chi connectivity index (χ4n) is 1.46. The number of benzene rings is 1. The van der Waals surface area contributed by atoms with E-state index in [1.54, 1.807) is 0 Å². The highest BCUT2D eigenvalue weighted by atomic mass is 16.3. The van der Waals surface area contributed by atoms with Crippen LogP contribution in [0, 0.1) is 6.92 Å². The molecule has 72 valence electrons. The Morgan fingerprint density at radius 2 is 1.38 bits per heavy atom.